The summed E-state index contributed by atoms with van der Waals surface area (Å²) >= 11 is 0. The van der Waals surface area contributed by atoms with Crippen LogP contribution < -0.4 is 0 Å². The van der Waals surface area contributed by atoms with Crippen molar-refractivity contribution in [2.45, 2.75) is 134 Å². The lowest BCUT2D eigenvalue weighted by Gasteiger charge is -2.40. The lowest BCUT2D eigenvalue weighted by Crippen LogP contribution is -2.59. The maximum absolute atomic E-state index is 10.3. The average molecular weight is 432 g/mol. The Morgan fingerprint density at radius 3 is 1.17 bits per heavy atom. The van der Waals surface area contributed by atoms with Crippen molar-refractivity contribution >= 4 is 0 Å². The van der Waals surface area contributed by atoms with E-state index in [1.807, 2.05) is 0 Å². The molecule has 0 aliphatic rings. The zero-order valence-corrected chi connectivity index (χ0v) is 20.2. The van der Waals surface area contributed by atoms with Crippen LogP contribution in [0, 0.1) is 0 Å². The number of rotatable bonds is 23. The minimum Gasteiger partial charge on any atom is -0.394 e. The summed E-state index contributed by atoms with van der Waals surface area (Å²) in [5.41, 5.74) is -1.16. The van der Waals surface area contributed by atoms with Crippen molar-refractivity contribution < 1.29 is 20.4 Å². The van der Waals surface area contributed by atoms with Crippen LogP contribution in [-0.2, 0) is 0 Å². The first-order valence-electron chi connectivity index (χ1n) is 12.8. The SMILES string of the molecule is CCCCCCCCCCCCCCCCCCC[C@@H](O)N(C)C(CO)(CO)CO. The lowest BCUT2D eigenvalue weighted by atomic mass is 9.99. The highest BCUT2D eigenvalue weighted by atomic mass is 16.3. The number of nitrogens with zero attached hydrogens (tertiary/aromatic N) is 1. The molecule has 0 fully saturated rings. The molecular weight excluding hydrogens is 378 g/mol. The highest BCUT2D eigenvalue weighted by Crippen LogP contribution is 2.19. The molecule has 0 aromatic heterocycles. The third-order valence-electron chi connectivity index (χ3n) is 6.64. The van der Waals surface area contributed by atoms with E-state index >= 15 is 0 Å². The van der Waals surface area contributed by atoms with Crippen LogP contribution in [0.2, 0.25) is 0 Å². The van der Waals surface area contributed by atoms with Crippen molar-refractivity contribution in [3.8, 4) is 0 Å². The summed E-state index contributed by atoms with van der Waals surface area (Å²) in [6.07, 6.45) is 22.4. The van der Waals surface area contributed by atoms with Crippen LogP contribution in [0.4, 0.5) is 0 Å². The Bertz CT molecular complexity index is 342. The molecule has 1 atom stereocenters. The van der Waals surface area contributed by atoms with Gasteiger partial charge < -0.3 is 20.4 Å². The second kappa shape index (κ2) is 20.7. The van der Waals surface area contributed by atoms with E-state index in [1.54, 1.807) is 7.05 Å². The molecule has 0 aromatic carbocycles. The first-order valence-corrected chi connectivity index (χ1v) is 12.8. The Morgan fingerprint density at radius 2 is 0.867 bits per heavy atom. The Labute approximate surface area is 186 Å². The van der Waals surface area contributed by atoms with Gasteiger partial charge in [0.1, 0.15) is 6.23 Å². The van der Waals surface area contributed by atoms with Crippen LogP contribution >= 0.6 is 0 Å². The molecule has 5 nitrogen and oxygen atoms in total. The number of unbranched alkanes of at least 4 members (excludes halogenated alkanes) is 16. The molecule has 30 heavy (non-hydrogen) atoms. The average Bonchev–Trinajstić information content (AvgIpc) is 2.77. The summed E-state index contributed by atoms with van der Waals surface area (Å²) < 4.78 is 0. The molecule has 0 rings (SSSR count). The summed E-state index contributed by atoms with van der Waals surface area (Å²) in [6, 6.07) is 0. The van der Waals surface area contributed by atoms with Gasteiger partial charge in [0.25, 0.3) is 0 Å². The zero-order chi connectivity index (χ0) is 22.5. The van der Waals surface area contributed by atoms with Crippen LogP contribution in [0.5, 0.6) is 0 Å². The summed E-state index contributed by atoms with van der Waals surface area (Å²) in [7, 11) is 1.64. The minimum atomic E-state index is -1.16. The topological polar surface area (TPSA) is 84.2 Å². The first kappa shape index (κ1) is 29.8. The Balaban J connectivity index is 3.44. The molecule has 182 valence electrons. The molecule has 0 aliphatic heterocycles. The fourth-order valence-electron chi connectivity index (χ4n) is 4.05. The number of aliphatic hydroxyl groups is 4. The van der Waals surface area contributed by atoms with Crippen LogP contribution in [0.15, 0.2) is 0 Å². The summed E-state index contributed by atoms with van der Waals surface area (Å²) in [6.45, 7) is 1.13. The van der Waals surface area contributed by atoms with Gasteiger partial charge in [0.15, 0.2) is 0 Å². The van der Waals surface area contributed by atoms with Crippen molar-refractivity contribution in [3.05, 3.63) is 0 Å². The van der Waals surface area contributed by atoms with Gasteiger partial charge in [-0.25, -0.2) is 0 Å². The van der Waals surface area contributed by atoms with Crippen LogP contribution in [0.1, 0.15) is 122 Å². The van der Waals surface area contributed by atoms with E-state index in [0.29, 0.717) is 6.42 Å². The summed E-state index contributed by atoms with van der Waals surface area (Å²) in [5, 5.41) is 38.6. The molecule has 0 bridgehead atoms. The van der Waals surface area contributed by atoms with Crippen LogP contribution in [-0.4, -0.2) is 64.0 Å². The maximum Gasteiger partial charge on any atom is 0.107 e. The fourth-order valence-corrected chi connectivity index (χ4v) is 4.05. The quantitative estimate of drug-likeness (QED) is 0.135. The highest BCUT2D eigenvalue weighted by molar-refractivity contribution is 4.88. The second-order valence-electron chi connectivity index (χ2n) is 9.24. The van der Waals surface area contributed by atoms with Crippen molar-refractivity contribution in [2.75, 3.05) is 26.9 Å². The van der Waals surface area contributed by atoms with Crippen molar-refractivity contribution in [3.63, 3.8) is 0 Å². The Kier molecular flexibility index (Phi) is 20.6. The van der Waals surface area contributed by atoms with Gasteiger partial charge in [-0.2, -0.15) is 0 Å². The number of aliphatic hydroxyl groups excluding tert-OH is 4. The van der Waals surface area contributed by atoms with E-state index in [2.05, 4.69) is 6.92 Å². The van der Waals surface area contributed by atoms with Gasteiger partial charge in [0.05, 0.1) is 25.4 Å². The molecule has 0 unspecified atom stereocenters. The van der Waals surface area contributed by atoms with E-state index in [4.69, 9.17) is 0 Å². The van der Waals surface area contributed by atoms with Gasteiger partial charge in [0, 0.05) is 0 Å². The zero-order valence-electron chi connectivity index (χ0n) is 20.2. The molecule has 0 amide bonds. The lowest BCUT2D eigenvalue weighted by molar-refractivity contribution is -0.114. The molecule has 5 heteroatoms. The standard InChI is InChI=1S/C25H53NO4/c1-3-4-5-6-7-8-9-10-11-12-13-14-15-16-17-18-19-20-24(30)26(2)25(21-27,22-28)23-29/h24,27-30H,3-23H2,1-2H3/t24-/m1/s1. The monoisotopic (exact) mass is 431 g/mol. The van der Waals surface area contributed by atoms with Gasteiger partial charge in [-0.15, -0.1) is 0 Å². The van der Waals surface area contributed by atoms with Gasteiger partial charge >= 0.3 is 0 Å². The molecule has 0 aromatic rings. The van der Waals surface area contributed by atoms with E-state index in [-0.39, 0.29) is 19.8 Å². The molecule has 0 aliphatic carbocycles. The number of likely N-dealkylation sites (N-methyl/N-ethyl adjacent to an activating group) is 1. The predicted octanol–water partition coefficient (Wildman–Crippen LogP) is 4.99. The van der Waals surface area contributed by atoms with Gasteiger partial charge in [-0.1, -0.05) is 110 Å². The van der Waals surface area contributed by atoms with Gasteiger partial charge in [-0.05, 0) is 19.9 Å². The fraction of sp³-hybridized carbons (Fsp3) is 1.00. The third-order valence-corrected chi connectivity index (χ3v) is 6.64. The van der Waals surface area contributed by atoms with Crippen LogP contribution in [0.3, 0.4) is 0 Å². The van der Waals surface area contributed by atoms with E-state index in [0.717, 1.165) is 12.8 Å². The van der Waals surface area contributed by atoms with E-state index in [9.17, 15) is 20.4 Å². The van der Waals surface area contributed by atoms with E-state index in [1.165, 1.54) is 101 Å². The molecule has 0 saturated carbocycles. The second-order valence-corrected chi connectivity index (χ2v) is 9.24. The van der Waals surface area contributed by atoms with Crippen molar-refractivity contribution in [1.29, 1.82) is 0 Å². The molecule has 0 radical (unpaired) electrons. The Morgan fingerprint density at radius 1 is 0.567 bits per heavy atom. The van der Waals surface area contributed by atoms with Crippen molar-refractivity contribution in [2.24, 2.45) is 0 Å². The Hall–Kier alpha value is -0.200. The number of hydrogen-bond acceptors (Lipinski definition) is 5. The van der Waals surface area contributed by atoms with Gasteiger partial charge in [0.2, 0.25) is 0 Å². The highest BCUT2D eigenvalue weighted by Gasteiger charge is 2.36. The minimum absolute atomic E-state index is 0.382. The summed E-state index contributed by atoms with van der Waals surface area (Å²) in [4.78, 5) is 1.50. The predicted molar refractivity (Wildman–Crippen MR) is 127 cm³/mol. The number of hydrogen-bond donors (Lipinski definition) is 4. The molecule has 0 saturated heterocycles. The molecule has 4 N–H and O–H groups in total. The van der Waals surface area contributed by atoms with Crippen molar-refractivity contribution in [1.82, 2.24) is 4.90 Å². The van der Waals surface area contributed by atoms with E-state index < -0.39 is 11.8 Å². The maximum atomic E-state index is 10.3. The first-order chi connectivity index (χ1) is 14.6. The molecular formula is C25H53NO4. The van der Waals surface area contributed by atoms with Gasteiger partial charge in [-0.3, -0.25) is 4.90 Å². The third kappa shape index (κ3) is 14.0. The molecule has 0 spiro atoms. The normalized spacial score (nSPS) is 13.3. The smallest absolute Gasteiger partial charge is 0.107 e. The largest absolute Gasteiger partial charge is 0.394 e. The summed E-state index contributed by atoms with van der Waals surface area (Å²) in [5.74, 6) is 0. The molecule has 0 heterocycles. The van der Waals surface area contributed by atoms with Crippen LogP contribution in [0.25, 0.3) is 0 Å².